The second-order valence-corrected chi connectivity index (χ2v) is 4.44. The predicted octanol–water partition coefficient (Wildman–Crippen LogP) is 3.91. The molecule has 0 aliphatic carbocycles. The molecule has 0 unspecified atom stereocenters. The first-order chi connectivity index (χ1) is 8.54. The van der Waals surface area contributed by atoms with Crippen LogP contribution in [-0.4, -0.2) is 16.2 Å². The standard InChI is InChI=1S/C12H9Cl2NO3/c1-2-9-10(12(16)17)11(18-15-9)6-3-4-7(13)8(14)5-6/h3-5H,2H2,1H3,(H,16,17). The van der Waals surface area contributed by atoms with E-state index in [1.807, 2.05) is 6.92 Å². The van der Waals surface area contributed by atoms with Crippen LogP contribution in [0.25, 0.3) is 11.3 Å². The number of hydrogen-bond donors (Lipinski definition) is 1. The van der Waals surface area contributed by atoms with Gasteiger partial charge in [-0.3, -0.25) is 0 Å². The fraction of sp³-hybridized carbons (Fsp3) is 0.167. The minimum atomic E-state index is -1.07. The van der Waals surface area contributed by atoms with Crippen molar-refractivity contribution in [3.8, 4) is 11.3 Å². The number of hydrogen-bond acceptors (Lipinski definition) is 3. The average molecular weight is 286 g/mol. The number of aryl methyl sites for hydroxylation is 1. The third-order valence-electron chi connectivity index (χ3n) is 2.49. The van der Waals surface area contributed by atoms with E-state index in [2.05, 4.69) is 5.16 Å². The summed E-state index contributed by atoms with van der Waals surface area (Å²) in [7, 11) is 0. The Morgan fingerprint density at radius 2 is 2.11 bits per heavy atom. The van der Waals surface area contributed by atoms with Crippen LogP contribution in [0.4, 0.5) is 0 Å². The topological polar surface area (TPSA) is 63.3 Å². The highest BCUT2D eigenvalue weighted by Gasteiger charge is 2.22. The average Bonchev–Trinajstić information content (AvgIpc) is 2.76. The van der Waals surface area contributed by atoms with Gasteiger partial charge in [-0.05, 0) is 24.6 Å². The van der Waals surface area contributed by atoms with Crippen LogP contribution in [0.5, 0.6) is 0 Å². The Morgan fingerprint density at radius 3 is 2.67 bits per heavy atom. The molecule has 0 saturated heterocycles. The minimum Gasteiger partial charge on any atom is -0.477 e. The third kappa shape index (κ3) is 2.21. The highest BCUT2D eigenvalue weighted by molar-refractivity contribution is 6.42. The zero-order chi connectivity index (χ0) is 13.3. The van der Waals surface area contributed by atoms with Crippen molar-refractivity contribution < 1.29 is 14.4 Å². The van der Waals surface area contributed by atoms with Gasteiger partial charge in [0.25, 0.3) is 0 Å². The van der Waals surface area contributed by atoms with Gasteiger partial charge in [-0.15, -0.1) is 0 Å². The van der Waals surface area contributed by atoms with Gasteiger partial charge in [0.2, 0.25) is 0 Å². The molecule has 1 N–H and O–H groups in total. The van der Waals surface area contributed by atoms with Crippen molar-refractivity contribution in [3.05, 3.63) is 39.5 Å². The van der Waals surface area contributed by atoms with Gasteiger partial charge in [0.05, 0.1) is 15.7 Å². The molecule has 0 bridgehead atoms. The molecule has 2 rings (SSSR count). The molecule has 0 aliphatic rings. The number of carbonyl (C=O) groups is 1. The van der Waals surface area contributed by atoms with Gasteiger partial charge in [-0.2, -0.15) is 0 Å². The largest absolute Gasteiger partial charge is 0.477 e. The maximum absolute atomic E-state index is 11.2. The third-order valence-corrected chi connectivity index (χ3v) is 3.23. The number of halogens is 2. The molecule has 94 valence electrons. The summed E-state index contributed by atoms with van der Waals surface area (Å²) in [4.78, 5) is 11.2. The van der Waals surface area contributed by atoms with E-state index in [9.17, 15) is 9.90 Å². The Bertz CT molecular complexity index is 607. The van der Waals surface area contributed by atoms with Crippen molar-refractivity contribution in [3.63, 3.8) is 0 Å². The summed E-state index contributed by atoms with van der Waals surface area (Å²) >= 11 is 11.7. The summed E-state index contributed by atoms with van der Waals surface area (Å²) in [6.45, 7) is 1.81. The Kier molecular flexibility index (Phi) is 3.59. The zero-order valence-corrected chi connectivity index (χ0v) is 10.9. The maximum atomic E-state index is 11.2. The highest BCUT2D eigenvalue weighted by atomic mass is 35.5. The zero-order valence-electron chi connectivity index (χ0n) is 9.41. The number of benzene rings is 1. The SMILES string of the molecule is CCc1noc(-c2ccc(Cl)c(Cl)c2)c1C(=O)O. The molecule has 1 heterocycles. The lowest BCUT2D eigenvalue weighted by Gasteiger charge is -2.01. The van der Waals surface area contributed by atoms with Crippen LogP contribution in [0, 0.1) is 0 Å². The molecule has 0 saturated carbocycles. The quantitative estimate of drug-likeness (QED) is 0.929. The molecule has 6 heteroatoms. The van der Waals surface area contributed by atoms with Gasteiger partial charge in [0, 0.05) is 5.56 Å². The molecular weight excluding hydrogens is 277 g/mol. The molecule has 0 amide bonds. The number of rotatable bonds is 3. The van der Waals surface area contributed by atoms with Gasteiger partial charge in [0.1, 0.15) is 5.56 Å². The van der Waals surface area contributed by atoms with E-state index in [0.717, 1.165) is 0 Å². The monoisotopic (exact) mass is 285 g/mol. The summed E-state index contributed by atoms with van der Waals surface area (Å²) in [5.41, 5.74) is 1.01. The first-order valence-corrected chi connectivity index (χ1v) is 5.97. The molecular formula is C12H9Cl2NO3. The molecule has 0 atom stereocenters. The van der Waals surface area contributed by atoms with Crippen LogP contribution < -0.4 is 0 Å². The molecule has 0 fully saturated rings. The van der Waals surface area contributed by atoms with Gasteiger partial charge in [-0.25, -0.2) is 4.79 Å². The summed E-state index contributed by atoms with van der Waals surface area (Å²) in [6.07, 6.45) is 0.479. The van der Waals surface area contributed by atoms with E-state index in [0.29, 0.717) is 27.7 Å². The summed E-state index contributed by atoms with van der Waals surface area (Å²) in [5.74, 6) is -0.882. The van der Waals surface area contributed by atoms with Crippen molar-refractivity contribution in [2.24, 2.45) is 0 Å². The molecule has 0 radical (unpaired) electrons. The Labute approximate surface area is 113 Å². The molecule has 0 aliphatic heterocycles. The number of carboxylic acid groups (broad SMARTS) is 1. The normalized spacial score (nSPS) is 10.6. The molecule has 18 heavy (non-hydrogen) atoms. The van der Waals surface area contributed by atoms with E-state index >= 15 is 0 Å². The van der Waals surface area contributed by atoms with E-state index in [-0.39, 0.29) is 11.3 Å². The minimum absolute atomic E-state index is 0.0656. The van der Waals surface area contributed by atoms with Crippen LogP contribution in [-0.2, 0) is 6.42 Å². The molecule has 2 aromatic rings. The van der Waals surface area contributed by atoms with Gasteiger partial charge in [-0.1, -0.05) is 35.3 Å². The van der Waals surface area contributed by atoms with E-state index in [4.69, 9.17) is 27.7 Å². The smallest absolute Gasteiger partial charge is 0.341 e. The van der Waals surface area contributed by atoms with Crippen molar-refractivity contribution in [1.82, 2.24) is 5.16 Å². The van der Waals surface area contributed by atoms with Crippen LogP contribution in [0.15, 0.2) is 22.7 Å². The summed E-state index contributed by atoms with van der Waals surface area (Å²) in [6, 6.07) is 4.77. The predicted molar refractivity (Wildman–Crippen MR) is 68.3 cm³/mol. The van der Waals surface area contributed by atoms with Crippen LogP contribution in [0.2, 0.25) is 10.0 Å². The highest BCUT2D eigenvalue weighted by Crippen LogP contribution is 2.31. The second kappa shape index (κ2) is 5.00. The fourth-order valence-corrected chi connectivity index (χ4v) is 1.92. The van der Waals surface area contributed by atoms with Crippen molar-refractivity contribution in [1.29, 1.82) is 0 Å². The second-order valence-electron chi connectivity index (χ2n) is 3.62. The fourth-order valence-electron chi connectivity index (χ4n) is 1.62. The van der Waals surface area contributed by atoms with Crippen molar-refractivity contribution in [2.75, 3.05) is 0 Å². The molecule has 1 aromatic carbocycles. The molecule has 1 aromatic heterocycles. The summed E-state index contributed by atoms with van der Waals surface area (Å²) in [5, 5.41) is 13.7. The Hall–Kier alpha value is -1.52. The van der Waals surface area contributed by atoms with Gasteiger partial charge < -0.3 is 9.63 Å². The maximum Gasteiger partial charge on any atom is 0.341 e. The first-order valence-electron chi connectivity index (χ1n) is 5.21. The van der Waals surface area contributed by atoms with Gasteiger partial charge >= 0.3 is 5.97 Å². The van der Waals surface area contributed by atoms with Crippen LogP contribution in [0.1, 0.15) is 23.0 Å². The van der Waals surface area contributed by atoms with Crippen LogP contribution in [0.3, 0.4) is 0 Å². The van der Waals surface area contributed by atoms with E-state index < -0.39 is 5.97 Å². The van der Waals surface area contributed by atoms with Crippen LogP contribution >= 0.6 is 23.2 Å². The molecule has 0 spiro atoms. The Balaban J connectivity index is 2.60. The Morgan fingerprint density at radius 1 is 1.39 bits per heavy atom. The van der Waals surface area contributed by atoms with Crippen molar-refractivity contribution >= 4 is 29.2 Å². The molecule has 4 nitrogen and oxygen atoms in total. The van der Waals surface area contributed by atoms with E-state index in [1.165, 1.54) is 0 Å². The van der Waals surface area contributed by atoms with Gasteiger partial charge in [0.15, 0.2) is 5.76 Å². The van der Waals surface area contributed by atoms with E-state index in [1.54, 1.807) is 18.2 Å². The lowest BCUT2D eigenvalue weighted by molar-refractivity contribution is 0.0696. The van der Waals surface area contributed by atoms with Crippen molar-refractivity contribution in [2.45, 2.75) is 13.3 Å². The number of aromatic carboxylic acids is 1. The number of aromatic nitrogens is 1. The lowest BCUT2D eigenvalue weighted by atomic mass is 10.1. The number of carboxylic acids is 1. The lowest BCUT2D eigenvalue weighted by Crippen LogP contribution is -2.01. The number of nitrogens with zero attached hydrogens (tertiary/aromatic N) is 1. The first kappa shape index (κ1) is 12.9. The summed E-state index contributed by atoms with van der Waals surface area (Å²) < 4.78 is 5.10.